The number of nitrogens with zero attached hydrogens (tertiary/aromatic N) is 2. The van der Waals surface area contributed by atoms with Crippen LogP contribution in [0.1, 0.15) is 26.4 Å². The highest BCUT2D eigenvalue weighted by atomic mass is 16.5. The lowest BCUT2D eigenvalue weighted by molar-refractivity contribution is -0.126. The Morgan fingerprint density at radius 2 is 1.76 bits per heavy atom. The minimum Gasteiger partial charge on any atom is -0.483 e. The molecule has 0 aliphatic rings. The molecule has 1 aromatic carbocycles. The zero-order valence-corrected chi connectivity index (χ0v) is 18.5. The summed E-state index contributed by atoms with van der Waals surface area (Å²) < 4.78 is 8.86. The molecule has 0 spiro atoms. The summed E-state index contributed by atoms with van der Waals surface area (Å²) in [4.78, 5) is 28.5. The van der Waals surface area contributed by atoms with Crippen molar-refractivity contribution in [1.29, 1.82) is 0 Å². The van der Waals surface area contributed by atoms with Gasteiger partial charge in [0.05, 0.1) is 20.8 Å². The standard InChI is InChI=1S/C12H19N3O2.C8H10.C2H4O2.H2/c1-6-7-10(13-4)12(16)14-8-11(17-5)15-9(2)3;1-7-5-3-4-6-8(7)2;1-4-2-3;/h6-7H,2,8H2,1,3-5H3,(H,14,16);3-6H,1-2H3;2H,1H3;1H/b7-6-,13-10?,15-11?;;;. The van der Waals surface area contributed by atoms with Crippen LogP contribution in [0.5, 0.6) is 0 Å². The average molecular weight is 406 g/mol. The highest BCUT2D eigenvalue weighted by molar-refractivity contribution is 6.43. The quantitative estimate of drug-likeness (QED) is 0.444. The van der Waals surface area contributed by atoms with Gasteiger partial charge in [-0.05, 0) is 44.9 Å². The third kappa shape index (κ3) is 15.5. The molecule has 1 amide bonds. The van der Waals surface area contributed by atoms with Crippen molar-refractivity contribution in [2.45, 2.75) is 27.7 Å². The first kappa shape index (κ1) is 28.0. The van der Waals surface area contributed by atoms with Crippen molar-refractivity contribution < 1.29 is 20.5 Å². The highest BCUT2D eigenvalue weighted by Crippen LogP contribution is 2.02. The Kier molecular flexibility index (Phi) is 17.5. The van der Waals surface area contributed by atoms with Crippen LogP contribution in [0.3, 0.4) is 0 Å². The van der Waals surface area contributed by atoms with E-state index in [4.69, 9.17) is 9.53 Å². The molecular weight excluding hydrogens is 370 g/mol. The van der Waals surface area contributed by atoms with Crippen molar-refractivity contribution in [1.82, 2.24) is 5.32 Å². The third-order valence-corrected chi connectivity index (χ3v) is 3.27. The van der Waals surface area contributed by atoms with E-state index in [2.05, 4.69) is 64.7 Å². The van der Waals surface area contributed by atoms with Gasteiger partial charge in [0.1, 0.15) is 5.71 Å². The van der Waals surface area contributed by atoms with Crippen LogP contribution in [0.25, 0.3) is 0 Å². The lowest BCUT2D eigenvalue weighted by Crippen LogP contribution is -2.34. The number of hydrogen-bond donors (Lipinski definition) is 1. The lowest BCUT2D eigenvalue weighted by atomic mass is 10.1. The maximum atomic E-state index is 11.6. The number of hydrogen-bond acceptors (Lipinski definition) is 6. The van der Waals surface area contributed by atoms with Crippen LogP contribution in [0.2, 0.25) is 0 Å². The number of amides is 1. The first-order chi connectivity index (χ1) is 13.8. The first-order valence-corrected chi connectivity index (χ1v) is 8.90. The molecule has 0 saturated heterocycles. The molecule has 29 heavy (non-hydrogen) atoms. The third-order valence-electron chi connectivity index (χ3n) is 3.27. The van der Waals surface area contributed by atoms with Crippen LogP contribution in [0.4, 0.5) is 0 Å². The summed E-state index contributed by atoms with van der Waals surface area (Å²) in [6.07, 6.45) is 3.39. The summed E-state index contributed by atoms with van der Waals surface area (Å²) in [6.45, 7) is 12.0. The van der Waals surface area contributed by atoms with Crippen molar-refractivity contribution in [2.24, 2.45) is 9.98 Å². The molecule has 0 bridgehead atoms. The van der Waals surface area contributed by atoms with Gasteiger partial charge in [-0.15, -0.1) is 0 Å². The van der Waals surface area contributed by atoms with E-state index in [-0.39, 0.29) is 13.9 Å². The van der Waals surface area contributed by atoms with E-state index in [1.165, 1.54) is 25.3 Å². The molecule has 7 heteroatoms. The number of carbonyl (C=O) groups excluding carboxylic acids is 2. The number of nitrogens with one attached hydrogen (secondary N) is 1. The second-order valence-corrected chi connectivity index (χ2v) is 5.65. The van der Waals surface area contributed by atoms with Gasteiger partial charge in [-0.3, -0.25) is 14.6 Å². The molecule has 1 aromatic rings. The predicted molar refractivity (Wildman–Crippen MR) is 122 cm³/mol. The summed E-state index contributed by atoms with van der Waals surface area (Å²) in [7, 11) is 4.37. The van der Waals surface area contributed by atoms with Crippen LogP contribution in [-0.4, -0.2) is 51.8 Å². The number of rotatable bonds is 6. The van der Waals surface area contributed by atoms with Crippen LogP contribution in [0.15, 0.2) is 58.7 Å². The molecule has 0 aliphatic heterocycles. The van der Waals surface area contributed by atoms with Crippen molar-refractivity contribution >= 4 is 24.0 Å². The molecule has 0 saturated carbocycles. The van der Waals surface area contributed by atoms with Gasteiger partial charge < -0.3 is 14.8 Å². The number of methoxy groups -OCH3 is 2. The first-order valence-electron chi connectivity index (χ1n) is 8.90. The summed E-state index contributed by atoms with van der Waals surface area (Å²) in [5, 5.41) is 2.66. The fraction of sp³-hybridized carbons (Fsp3) is 0.364. The topological polar surface area (TPSA) is 89.3 Å². The van der Waals surface area contributed by atoms with E-state index < -0.39 is 0 Å². The van der Waals surface area contributed by atoms with Gasteiger partial charge >= 0.3 is 0 Å². The maximum absolute atomic E-state index is 11.6. The Morgan fingerprint density at radius 1 is 1.24 bits per heavy atom. The Balaban J connectivity index is -0.000000462. The predicted octanol–water partition coefficient (Wildman–Crippen LogP) is 3.67. The smallest absolute Gasteiger partial charge is 0.292 e. The second kappa shape index (κ2) is 18.2. The van der Waals surface area contributed by atoms with Gasteiger partial charge in [-0.2, -0.15) is 0 Å². The second-order valence-electron chi connectivity index (χ2n) is 5.65. The van der Waals surface area contributed by atoms with Gasteiger partial charge in [0.25, 0.3) is 12.4 Å². The minimum absolute atomic E-state index is 0. The molecule has 1 N–H and O–H groups in total. The lowest BCUT2D eigenvalue weighted by Gasteiger charge is -2.07. The van der Waals surface area contributed by atoms with Crippen LogP contribution < -0.4 is 5.32 Å². The van der Waals surface area contributed by atoms with E-state index >= 15 is 0 Å². The monoisotopic (exact) mass is 405 g/mol. The molecule has 0 aliphatic carbocycles. The molecule has 0 aromatic heterocycles. The van der Waals surface area contributed by atoms with E-state index in [1.54, 1.807) is 26.1 Å². The minimum atomic E-state index is -0.267. The molecule has 162 valence electrons. The van der Waals surface area contributed by atoms with E-state index in [9.17, 15) is 4.79 Å². The fourth-order valence-electron chi connectivity index (χ4n) is 1.69. The molecule has 0 heterocycles. The Bertz CT molecular complexity index is 708. The fourth-order valence-corrected chi connectivity index (χ4v) is 1.69. The average Bonchev–Trinajstić information content (AvgIpc) is 2.71. The number of aliphatic imine (C=N–C) groups is 2. The van der Waals surface area contributed by atoms with Crippen molar-refractivity contribution in [3.63, 3.8) is 0 Å². The number of ether oxygens (including phenoxy) is 2. The van der Waals surface area contributed by atoms with Gasteiger partial charge in [-0.1, -0.05) is 36.9 Å². The number of carbonyl (C=O) groups is 2. The zero-order chi connectivity index (χ0) is 22.7. The van der Waals surface area contributed by atoms with E-state index in [0.717, 1.165) is 0 Å². The van der Waals surface area contributed by atoms with Crippen LogP contribution >= 0.6 is 0 Å². The van der Waals surface area contributed by atoms with E-state index in [1.807, 2.05) is 6.92 Å². The van der Waals surface area contributed by atoms with Gasteiger partial charge in [0.15, 0.2) is 0 Å². The van der Waals surface area contributed by atoms with Crippen LogP contribution in [0, 0.1) is 13.8 Å². The summed E-state index contributed by atoms with van der Waals surface area (Å²) >= 11 is 0. The van der Waals surface area contributed by atoms with Gasteiger partial charge in [-0.25, -0.2) is 4.99 Å². The Labute approximate surface area is 175 Å². The molecule has 1 rings (SSSR count). The molecule has 0 radical (unpaired) electrons. The molecule has 7 nitrogen and oxygen atoms in total. The normalized spacial score (nSPS) is 10.7. The maximum Gasteiger partial charge on any atom is 0.292 e. The van der Waals surface area contributed by atoms with Gasteiger partial charge in [0, 0.05) is 14.2 Å². The molecular formula is C22H35N3O4. The van der Waals surface area contributed by atoms with Crippen molar-refractivity contribution in [2.75, 3.05) is 27.8 Å². The number of aryl methyl sites for hydroxylation is 2. The number of allylic oxidation sites excluding steroid dienone is 2. The number of benzene rings is 1. The summed E-state index contributed by atoms with van der Waals surface area (Å²) in [5.74, 6) is 0.138. The van der Waals surface area contributed by atoms with Crippen molar-refractivity contribution in [3.05, 3.63) is 59.8 Å². The molecule has 0 fully saturated rings. The SMILES string of the molecule is C=C(C)N=C(CNC(=O)C(/C=C\C)=NC)OC.COC=O.Cc1ccccc1C.[HH]. The Morgan fingerprint density at radius 3 is 2.07 bits per heavy atom. The highest BCUT2D eigenvalue weighted by Gasteiger charge is 2.08. The Hall–Kier alpha value is -3.22. The largest absolute Gasteiger partial charge is 0.483 e. The van der Waals surface area contributed by atoms with Crippen LogP contribution in [-0.2, 0) is 19.1 Å². The summed E-state index contributed by atoms with van der Waals surface area (Å²) in [6, 6.07) is 8.36. The van der Waals surface area contributed by atoms with Crippen molar-refractivity contribution in [3.8, 4) is 0 Å². The summed E-state index contributed by atoms with van der Waals surface area (Å²) in [5.41, 5.74) is 3.72. The zero-order valence-electron chi connectivity index (χ0n) is 18.5. The van der Waals surface area contributed by atoms with Gasteiger partial charge in [0.2, 0.25) is 5.90 Å². The molecule has 0 unspecified atom stereocenters. The van der Waals surface area contributed by atoms with E-state index in [0.29, 0.717) is 23.8 Å². The molecule has 0 atom stereocenters.